The zero-order valence-electron chi connectivity index (χ0n) is 75.5. The molecule has 682 valence electrons. The lowest BCUT2D eigenvalue weighted by Gasteiger charge is -2.27. The van der Waals surface area contributed by atoms with Gasteiger partial charge in [0.05, 0.1) is 130 Å². The van der Waals surface area contributed by atoms with Gasteiger partial charge in [-0.2, -0.15) is 0 Å². The molecule has 31 heteroatoms. The number of hydrogen-bond acceptors (Lipinski definition) is 18. The molecule has 20 aromatic rings. The normalized spacial score (nSPS) is 15.0. The number of fused-ring (bicyclic) bond motifs is 10. The van der Waals surface area contributed by atoms with E-state index in [1.165, 1.54) is 5.56 Å². The number of anilines is 4. The molecule has 2 amide bonds. The Morgan fingerprint density at radius 1 is 0.412 bits per heavy atom. The van der Waals surface area contributed by atoms with E-state index in [0.29, 0.717) is 40.3 Å². The Morgan fingerprint density at radius 3 is 1.33 bits per heavy atom. The van der Waals surface area contributed by atoms with Crippen molar-refractivity contribution in [3.05, 3.63) is 362 Å². The molecule has 14 N–H and O–H groups in total. The number of aromatic nitrogens is 16. The molecule has 31 nitrogen and oxygen atoms in total. The van der Waals surface area contributed by atoms with Crippen molar-refractivity contribution in [2.75, 3.05) is 49.6 Å². The lowest BCUT2D eigenvalue weighted by Crippen LogP contribution is -2.21. The van der Waals surface area contributed by atoms with Gasteiger partial charge in [0.1, 0.15) is 58.7 Å². The maximum Gasteiger partial charge on any atom is 0.323 e. The molecule has 0 saturated heterocycles. The molecule has 136 heavy (non-hydrogen) atoms. The van der Waals surface area contributed by atoms with Crippen molar-refractivity contribution in [2.24, 2.45) is 0 Å². The minimum absolute atomic E-state index is 0.112. The van der Waals surface area contributed by atoms with Crippen LogP contribution in [0.5, 0.6) is 5.75 Å². The first-order valence-corrected chi connectivity index (χ1v) is 45.0. The predicted octanol–water partition coefficient (Wildman–Crippen LogP) is 18.0. The number of para-hydroxylation sites is 4. The largest absolute Gasteiger partial charge is 0.497 e. The smallest absolute Gasteiger partial charge is 0.323 e. The van der Waals surface area contributed by atoms with E-state index in [0.717, 1.165) is 213 Å². The molecular formula is C105H98N22O9. The third-order valence-corrected chi connectivity index (χ3v) is 25.4. The fourth-order valence-corrected chi connectivity index (χ4v) is 18.7. The summed E-state index contributed by atoms with van der Waals surface area (Å²) in [5.74, 6) is 6.74. The summed E-state index contributed by atoms with van der Waals surface area (Å²) >= 11 is 0. The summed E-state index contributed by atoms with van der Waals surface area (Å²) in [6.07, 6.45) is 4.85. The number of nitrogens with zero attached hydrogens (tertiary/aromatic N) is 10. The number of benzene rings is 12. The number of carbonyl (C=O) groups is 2. The Balaban J connectivity index is 0.000000106. The number of aliphatic hydroxyl groups excluding tert-OH is 2. The zero-order valence-corrected chi connectivity index (χ0v) is 75.5. The maximum absolute atomic E-state index is 12.2. The number of H-pyrrole nitrogens is 6. The van der Waals surface area contributed by atoms with Crippen molar-refractivity contribution in [1.29, 1.82) is 0 Å². The summed E-state index contributed by atoms with van der Waals surface area (Å²) in [6.45, 7) is 13.8. The van der Waals surface area contributed by atoms with Gasteiger partial charge in [0.15, 0.2) is 0 Å². The highest BCUT2D eigenvalue weighted by Gasteiger charge is 2.50. The van der Waals surface area contributed by atoms with Gasteiger partial charge in [0.2, 0.25) is 0 Å². The highest BCUT2D eigenvalue weighted by molar-refractivity contribution is 5.99. The summed E-state index contributed by atoms with van der Waals surface area (Å²) in [5.41, 5.74) is 24.6. The molecule has 2 unspecified atom stereocenters. The van der Waals surface area contributed by atoms with Crippen molar-refractivity contribution in [2.45, 2.75) is 94.9 Å². The molecule has 10 heterocycles. The molecule has 0 radical (unpaired) electrons. The van der Waals surface area contributed by atoms with Crippen LogP contribution in [0, 0.1) is 0 Å². The number of aromatic amines is 6. The standard InChI is InChI=1S/C26H23N5O.C23H25N5O3.C21H16N4O2.C18H18N4O2.C17H16N4O/c1-16-28-20-10-9-19(15-21(20)29-16)31-23-11-8-17(24(32)27-2)14-22(23)30-25(31)26(12-13-26)18-6-4-3-5-7-18;1-24-22(29)14-5-10-20-19(11-14)25-21(13-3-7-16(31-2)8-4-13)28(20)15-6-9-17-18(12-15)27-23(30)26-17;26-19(13-6-2-1-3-7-13)20-22-16-8-4-5-9-18(16)25(20)14-10-11-15-17(12-14)24-21(27)23-15;1-10(2)17-19-15-9-12(24-3)5-7-16(15)22(17)11-4-6-13-14(8-11)21-18(23)20-13;1-10(22)17-20-14-5-3-4-6-16(14)21(17)12-7-8-13-15(9-12)19-11(2)18-13/h3-11,14-15,28-29H,1,12-13H2,2H3,(H,27,32);5-6,9-13,16H,3-4,7-8H2,1-2H3,(H,24,29)(H2,26,27,30);1-12,19,26H,(H2,23,24,27);4-10H,1-3H3,(H2,20,21,23);3-10,18-19,22H,2H2,1H3. The average molecular weight is 1810 g/mol. The highest BCUT2D eigenvalue weighted by atomic mass is 16.5. The van der Waals surface area contributed by atoms with Crippen LogP contribution in [0.3, 0.4) is 0 Å². The Morgan fingerprint density at radius 2 is 0.824 bits per heavy atom. The first kappa shape index (κ1) is 87.1. The van der Waals surface area contributed by atoms with Crippen molar-refractivity contribution in [3.8, 4) is 34.2 Å². The third-order valence-electron chi connectivity index (χ3n) is 25.4. The second-order valence-corrected chi connectivity index (χ2v) is 34.5. The van der Waals surface area contributed by atoms with Crippen LogP contribution in [0.15, 0.2) is 294 Å². The molecule has 0 bridgehead atoms. The van der Waals surface area contributed by atoms with Gasteiger partial charge in [0.25, 0.3) is 11.8 Å². The number of carbonyl (C=O) groups excluding carboxylic acids is 2. The van der Waals surface area contributed by atoms with Gasteiger partial charge >= 0.3 is 17.1 Å². The van der Waals surface area contributed by atoms with E-state index in [-0.39, 0.29) is 40.2 Å². The lowest BCUT2D eigenvalue weighted by molar-refractivity contribution is 0.0650. The molecule has 2 fully saturated rings. The molecular weight excluding hydrogens is 1710 g/mol. The van der Waals surface area contributed by atoms with E-state index in [4.69, 9.17) is 24.4 Å². The monoisotopic (exact) mass is 1810 g/mol. The van der Waals surface area contributed by atoms with E-state index in [1.807, 2.05) is 221 Å². The molecule has 2 aliphatic heterocycles. The van der Waals surface area contributed by atoms with Crippen LogP contribution in [0.4, 0.5) is 22.7 Å². The number of imidazole rings is 8. The number of rotatable bonds is 16. The number of aliphatic hydroxyl groups is 2. The van der Waals surface area contributed by atoms with Crippen molar-refractivity contribution in [3.63, 3.8) is 0 Å². The van der Waals surface area contributed by atoms with Crippen LogP contribution in [0.2, 0.25) is 0 Å². The minimum Gasteiger partial charge on any atom is -0.497 e. The van der Waals surface area contributed by atoms with Crippen molar-refractivity contribution in [1.82, 2.24) is 88.3 Å². The Bertz CT molecular complexity index is 8250. The molecule has 0 spiro atoms. The first-order valence-electron chi connectivity index (χ1n) is 45.0. The van der Waals surface area contributed by atoms with Crippen LogP contribution in [0.25, 0.3) is 117 Å². The number of nitrogens with one attached hydrogen (secondary N) is 12. The molecule has 12 aromatic carbocycles. The van der Waals surface area contributed by atoms with Crippen LogP contribution in [0.1, 0.15) is 144 Å². The summed E-state index contributed by atoms with van der Waals surface area (Å²) in [6, 6.07) is 82.5. The van der Waals surface area contributed by atoms with E-state index < -0.39 is 12.2 Å². The molecule has 8 aromatic heterocycles. The van der Waals surface area contributed by atoms with Gasteiger partial charge in [-0.3, -0.25) is 32.4 Å². The van der Waals surface area contributed by atoms with E-state index in [1.54, 1.807) is 35.2 Å². The Hall–Kier alpha value is -16.9. The van der Waals surface area contributed by atoms with E-state index >= 15 is 0 Å². The summed E-state index contributed by atoms with van der Waals surface area (Å²) in [5, 5.41) is 39.3. The summed E-state index contributed by atoms with van der Waals surface area (Å²) in [4.78, 5) is 100. The average Bonchev–Trinajstić information content (AvgIpc) is 1.55. The molecule has 2 atom stereocenters. The predicted molar refractivity (Wildman–Crippen MR) is 533 cm³/mol. The SMILES string of the molecule is C=C1Nc2ccc(-n3c(C(C)O)nc4ccccc43)cc2N1.C=C1Nc2ccc(-n3c(C4(c5ccccc5)CC4)nc4cc(C(=O)NC)ccc43)cc2N1.CNC(=O)c1ccc2c(c1)nc(C1CCC(OC)CC1)n2-c1ccc2[nH]c(=O)[nH]c2c1.COc1ccc2c(c1)nc(C(C)C)n2-c1ccc2[nH]c(=O)[nH]c2c1.O=c1[nH]c2ccc(-n3c(C(O)c4ccccc4)nc4ccccc43)cc2[nH]1. The van der Waals surface area contributed by atoms with Crippen LogP contribution < -0.4 is 53.7 Å². The Labute approximate surface area is 777 Å². The van der Waals surface area contributed by atoms with Crippen LogP contribution in [-0.2, 0) is 10.2 Å². The fraction of sp³-hybridized carbons (Fsp3) is 0.181. The number of hydrogen-bond donors (Lipinski definition) is 14. The minimum atomic E-state index is -0.875. The molecule has 4 aliphatic rings. The summed E-state index contributed by atoms with van der Waals surface area (Å²) in [7, 11) is 6.69. The van der Waals surface area contributed by atoms with Gasteiger partial charge in [-0.05, 0) is 220 Å². The van der Waals surface area contributed by atoms with Crippen molar-refractivity contribution < 1.29 is 29.3 Å². The second-order valence-electron chi connectivity index (χ2n) is 34.5. The summed E-state index contributed by atoms with van der Waals surface area (Å²) < 4.78 is 21.3. The maximum atomic E-state index is 12.2. The van der Waals surface area contributed by atoms with Gasteiger partial charge in [-0.25, -0.2) is 39.3 Å². The van der Waals surface area contributed by atoms with Crippen LogP contribution in [-0.4, -0.2) is 134 Å². The second kappa shape index (κ2) is 36.0. The number of methoxy groups -OCH3 is 2. The highest BCUT2D eigenvalue weighted by Crippen LogP contribution is 2.55. The molecule has 2 saturated carbocycles. The van der Waals surface area contributed by atoms with Gasteiger partial charge in [0, 0.05) is 78.7 Å². The van der Waals surface area contributed by atoms with E-state index in [9.17, 15) is 34.2 Å². The fourth-order valence-electron chi connectivity index (χ4n) is 18.7. The first-order chi connectivity index (χ1) is 66.1. The quantitative estimate of drug-likeness (QED) is 0.0427. The van der Waals surface area contributed by atoms with Crippen LogP contribution >= 0.6 is 0 Å². The number of amides is 2. The third kappa shape index (κ3) is 16.6. The molecule has 24 rings (SSSR count). The zero-order chi connectivity index (χ0) is 93.9. The van der Waals surface area contributed by atoms with Gasteiger partial charge < -0.3 is 81.5 Å². The Kier molecular flexibility index (Phi) is 23.1. The van der Waals surface area contributed by atoms with Crippen molar-refractivity contribution >= 4 is 123 Å². The molecule has 2 aliphatic carbocycles. The number of ether oxygens (including phenoxy) is 2. The van der Waals surface area contributed by atoms with E-state index in [2.05, 4.69) is 155 Å². The lowest BCUT2D eigenvalue weighted by atomic mass is 9.86. The van der Waals surface area contributed by atoms with Gasteiger partial charge in [-0.15, -0.1) is 0 Å². The topological polar surface area (TPSA) is 400 Å². The van der Waals surface area contributed by atoms with Gasteiger partial charge in [-0.1, -0.05) is 112 Å².